The van der Waals surface area contributed by atoms with Gasteiger partial charge in [0.1, 0.15) is 5.82 Å². The molecule has 0 saturated carbocycles. The van der Waals surface area contributed by atoms with Gasteiger partial charge in [-0.15, -0.1) is 0 Å². The zero-order chi connectivity index (χ0) is 12.5. The first-order chi connectivity index (χ1) is 7.27. The first kappa shape index (κ1) is 12.8. The topological polar surface area (TPSA) is 26.3 Å². The predicted molar refractivity (Wildman–Crippen MR) is 47.8 cm³/mol. The Labute approximate surface area is 92.8 Å². The molecule has 1 aromatic rings. The predicted octanol–water partition coefficient (Wildman–Crippen LogP) is 3.28. The Hall–Kier alpha value is -1.30. The van der Waals surface area contributed by atoms with Gasteiger partial charge < -0.3 is 4.74 Å². The minimum absolute atomic E-state index is 0.442. The molecule has 0 unspecified atom stereocenters. The summed E-state index contributed by atoms with van der Waals surface area (Å²) in [6.45, 7) is 0. The highest BCUT2D eigenvalue weighted by Crippen LogP contribution is 2.36. The molecule has 7 heteroatoms. The maximum atomic E-state index is 13.0. The Balaban J connectivity index is 3.39. The molecule has 0 saturated heterocycles. The molecule has 88 valence electrons. The van der Waals surface area contributed by atoms with Gasteiger partial charge in [-0.2, -0.15) is 13.2 Å². The maximum Gasteiger partial charge on any atom is 0.417 e. The lowest BCUT2D eigenvalue weighted by Crippen LogP contribution is -2.10. The molecular formula is C9H5ClF4O2. The summed E-state index contributed by atoms with van der Waals surface area (Å²) < 4.78 is 54.3. The zero-order valence-electron chi connectivity index (χ0n) is 7.86. The molecular weight excluding hydrogens is 252 g/mol. The molecule has 0 amide bonds. The molecule has 0 radical (unpaired) electrons. The summed E-state index contributed by atoms with van der Waals surface area (Å²) in [5.41, 5.74) is -1.95. The number of halogens is 5. The highest BCUT2D eigenvalue weighted by atomic mass is 35.5. The number of hydrogen-bond donors (Lipinski definition) is 0. The van der Waals surface area contributed by atoms with Crippen molar-refractivity contribution in [2.75, 3.05) is 7.11 Å². The van der Waals surface area contributed by atoms with Crippen molar-refractivity contribution in [3.8, 4) is 0 Å². The highest BCUT2D eigenvalue weighted by Gasteiger charge is 2.35. The summed E-state index contributed by atoms with van der Waals surface area (Å²) >= 11 is 5.15. The van der Waals surface area contributed by atoms with E-state index in [0.717, 1.165) is 7.11 Å². The van der Waals surface area contributed by atoms with Crippen LogP contribution in [-0.2, 0) is 10.9 Å². The van der Waals surface area contributed by atoms with E-state index in [1.807, 2.05) is 0 Å². The SMILES string of the molecule is COC(=O)c1cc(F)c(Cl)c(C(F)(F)F)c1. The van der Waals surface area contributed by atoms with Crippen LogP contribution in [0.3, 0.4) is 0 Å². The molecule has 0 fully saturated rings. The summed E-state index contributed by atoms with van der Waals surface area (Å²) in [5, 5.41) is -1.07. The third kappa shape index (κ3) is 2.44. The van der Waals surface area contributed by atoms with Crippen LogP contribution in [-0.4, -0.2) is 13.1 Å². The number of methoxy groups -OCH3 is 1. The third-order valence-electron chi connectivity index (χ3n) is 1.75. The van der Waals surface area contributed by atoms with Crippen LogP contribution in [0.1, 0.15) is 15.9 Å². The van der Waals surface area contributed by atoms with Crippen molar-refractivity contribution in [2.45, 2.75) is 6.18 Å². The highest BCUT2D eigenvalue weighted by molar-refractivity contribution is 6.31. The van der Waals surface area contributed by atoms with Gasteiger partial charge in [0.2, 0.25) is 0 Å². The van der Waals surface area contributed by atoms with Crippen molar-refractivity contribution >= 4 is 17.6 Å². The summed E-state index contributed by atoms with van der Waals surface area (Å²) in [5.74, 6) is -2.39. The van der Waals surface area contributed by atoms with Gasteiger partial charge in [-0.05, 0) is 12.1 Å². The normalized spacial score (nSPS) is 11.4. The van der Waals surface area contributed by atoms with Crippen molar-refractivity contribution in [2.24, 2.45) is 0 Å². The summed E-state index contributed by atoms with van der Waals surface area (Å²) in [6.07, 6.45) is -4.83. The molecule has 0 heterocycles. The monoisotopic (exact) mass is 256 g/mol. The van der Waals surface area contributed by atoms with Gasteiger partial charge in [0, 0.05) is 0 Å². The van der Waals surface area contributed by atoms with E-state index in [2.05, 4.69) is 4.74 Å². The van der Waals surface area contributed by atoms with Gasteiger partial charge in [0.25, 0.3) is 0 Å². The summed E-state index contributed by atoms with van der Waals surface area (Å²) in [6, 6.07) is 1.03. The molecule has 16 heavy (non-hydrogen) atoms. The second-order valence-corrected chi connectivity index (χ2v) is 3.19. The number of benzene rings is 1. The van der Waals surface area contributed by atoms with E-state index in [4.69, 9.17) is 11.6 Å². The second-order valence-electron chi connectivity index (χ2n) is 2.81. The number of esters is 1. The molecule has 0 atom stereocenters. The molecule has 0 N–H and O–H groups in total. The number of carbonyl (C=O) groups excluding carboxylic acids is 1. The minimum Gasteiger partial charge on any atom is -0.465 e. The quantitative estimate of drug-likeness (QED) is 0.569. The van der Waals surface area contributed by atoms with E-state index in [-0.39, 0.29) is 0 Å². The second kappa shape index (κ2) is 4.29. The van der Waals surface area contributed by atoms with Gasteiger partial charge in [-0.3, -0.25) is 0 Å². The van der Waals surface area contributed by atoms with Crippen molar-refractivity contribution in [3.63, 3.8) is 0 Å². The first-order valence-electron chi connectivity index (χ1n) is 3.92. The number of hydrogen-bond acceptors (Lipinski definition) is 2. The molecule has 0 bridgehead atoms. The maximum absolute atomic E-state index is 13.0. The smallest absolute Gasteiger partial charge is 0.417 e. The van der Waals surface area contributed by atoms with E-state index in [1.165, 1.54) is 0 Å². The van der Waals surface area contributed by atoms with Crippen LogP contribution in [0.5, 0.6) is 0 Å². The van der Waals surface area contributed by atoms with Gasteiger partial charge >= 0.3 is 12.1 Å². The van der Waals surface area contributed by atoms with Crippen LogP contribution in [0, 0.1) is 5.82 Å². The Kier molecular flexibility index (Phi) is 3.42. The lowest BCUT2D eigenvalue weighted by Gasteiger charge is -2.10. The Morgan fingerprint density at radius 2 is 1.94 bits per heavy atom. The van der Waals surface area contributed by atoms with E-state index in [1.54, 1.807) is 0 Å². The number of carbonyl (C=O) groups is 1. The van der Waals surface area contributed by atoms with Gasteiger partial charge in [-0.25, -0.2) is 9.18 Å². The van der Waals surface area contributed by atoms with E-state index in [9.17, 15) is 22.4 Å². The van der Waals surface area contributed by atoms with Crippen molar-refractivity contribution in [1.82, 2.24) is 0 Å². The molecule has 0 aliphatic heterocycles. The van der Waals surface area contributed by atoms with Gasteiger partial charge in [0.05, 0.1) is 23.3 Å². The van der Waals surface area contributed by atoms with Crippen LogP contribution in [0.4, 0.5) is 17.6 Å². The van der Waals surface area contributed by atoms with Crippen LogP contribution < -0.4 is 0 Å². The number of rotatable bonds is 1. The Bertz CT molecular complexity index is 428. The van der Waals surface area contributed by atoms with Crippen molar-refractivity contribution in [3.05, 3.63) is 34.1 Å². The molecule has 0 spiro atoms. The summed E-state index contributed by atoms with van der Waals surface area (Å²) in [7, 11) is 0.974. The fourth-order valence-electron chi connectivity index (χ4n) is 1.03. The van der Waals surface area contributed by atoms with Crippen LogP contribution in [0.25, 0.3) is 0 Å². The standard InChI is InChI=1S/C9H5ClF4O2/c1-16-8(15)4-2-5(9(12,13)14)7(10)6(11)3-4/h2-3H,1H3. The molecule has 0 aromatic heterocycles. The first-order valence-corrected chi connectivity index (χ1v) is 4.29. The number of alkyl halides is 3. The van der Waals surface area contributed by atoms with E-state index in [0.29, 0.717) is 12.1 Å². The molecule has 2 nitrogen and oxygen atoms in total. The third-order valence-corrected chi connectivity index (χ3v) is 2.14. The lowest BCUT2D eigenvalue weighted by molar-refractivity contribution is -0.137. The van der Waals surface area contributed by atoms with Crippen molar-refractivity contribution < 1.29 is 27.1 Å². The van der Waals surface area contributed by atoms with Crippen molar-refractivity contribution in [1.29, 1.82) is 0 Å². The largest absolute Gasteiger partial charge is 0.465 e. The lowest BCUT2D eigenvalue weighted by atomic mass is 10.1. The minimum atomic E-state index is -4.83. The molecule has 1 rings (SSSR count). The van der Waals surface area contributed by atoms with Gasteiger partial charge in [-0.1, -0.05) is 11.6 Å². The average Bonchev–Trinajstić information content (AvgIpc) is 2.18. The van der Waals surface area contributed by atoms with Crippen LogP contribution >= 0.6 is 11.6 Å². The fourth-order valence-corrected chi connectivity index (χ4v) is 1.25. The molecule has 0 aliphatic rings. The molecule has 0 aliphatic carbocycles. The Morgan fingerprint density at radius 3 is 2.38 bits per heavy atom. The fraction of sp³-hybridized carbons (Fsp3) is 0.222. The van der Waals surface area contributed by atoms with Crippen LogP contribution in [0.15, 0.2) is 12.1 Å². The number of ether oxygens (including phenoxy) is 1. The summed E-state index contributed by atoms with van der Waals surface area (Å²) in [4.78, 5) is 11.0. The van der Waals surface area contributed by atoms with Crippen LogP contribution in [0.2, 0.25) is 5.02 Å². The van der Waals surface area contributed by atoms with Gasteiger partial charge in [0.15, 0.2) is 0 Å². The zero-order valence-corrected chi connectivity index (χ0v) is 8.62. The Morgan fingerprint density at radius 1 is 1.38 bits per heavy atom. The van der Waals surface area contributed by atoms with E-state index >= 15 is 0 Å². The van der Waals surface area contributed by atoms with E-state index < -0.39 is 34.1 Å². The molecule has 1 aromatic carbocycles. The average molecular weight is 257 g/mol.